The van der Waals surface area contributed by atoms with Gasteiger partial charge in [0.15, 0.2) is 0 Å². The van der Waals surface area contributed by atoms with Gasteiger partial charge >= 0.3 is 0 Å². The van der Waals surface area contributed by atoms with Gasteiger partial charge in [-0.05, 0) is 32.4 Å². The predicted molar refractivity (Wildman–Crippen MR) is 81.1 cm³/mol. The van der Waals surface area contributed by atoms with E-state index in [0.717, 1.165) is 30.9 Å². The standard InChI is InChI=1S/C15H25N3O2/c1-4-7-13-10-12(11-14(17-13)16-5-2)15(20)18(6-3)8-9-19/h10-11,19H,4-9H2,1-3H3,(H,16,17). The molecule has 0 spiro atoms. The van der Waals surface area contributed by atoms with Gasteiger partial charge in [0.2, 0.25) is 0 Å². The van der Waals surface area contributed by atoms with E-state index in [0.29, 0.717) is 18.7 Å². The number of nitrogens with zero attached hydrogens (tertiary/aromatic N) is 2. The van der Waals surface area contributed by atoms with Crippen molar-refractivity contribution in [3.63, 3.8) is 0 Å². The van der Waals surface area contributed by atoms with Crippen molar-refractivity contribution in [3.05, 3.63) is 23.4 Å². The fourth-order valence-corrected chi connectivity index (χ4v) is 2.07. The van der Waals surface area contributed by atoms with Gasteiger partial charge < -0.3 is 15.3 Å². The molecule has 0 radical (unpaired) electrons. The zero-order valence-electron chi connectivity index (χ0n) is 12.6. The molecule has 0 aliphatic heterocycles. The molecule has 1 rings (SSSR count). The molecule has 0 saturated heterocycles. The lowest BCUT2D eigenvalue weighted by Gasteiger charge is -2.20. The molecule has 0 aliphatic rings. The van der Waals surface area contributed by atoms with Crippen LogP contribution in [0.5, 0.6) is 0 Å². The monoisotopic (exact) mass is 279 g/mol. The first kappa shape index (κ1) is 16.4. The van der Waals surface area contributed by atoms with Gasteiger partial charge in [0, 0.05) is 30.9 Å². The van der Waals surface area contributed by atoms with Crippen molar-refractivity contribution in [2.45, 2.75) is 33.6 Å². The predicted octanol–water partition coefficient (Wildman–Crippen LogP) is 1.92. The highest BCUT2D eigenvalue weighted by Gasteiger charge is 2.15. The Morgan fingerprint density at radius 2 is 2.10 bits per heavy atom. The van der Waals surface area contributed by atoms with E-state index in [1.165, 1.54) is 0 Å². The van der Waals surface area contributed by atoms with Crippen LogP contribution in [0.15, 0.2) is 12.1 Å². The number of anilines is 1. The summed E-state index contributed by atoms with van der Waals surface area (Å²) in [6.45, 7) is 7.69. The Morgan fingerprint density at radius 3 is 2.65 bits per heavy atom. The molecule has 5 nitrogen and oxygen atoms in total. The maximum absolute atomic E-state index is 12.4. The second-order valence-electron chi connectivity index (χ2n) is 4.62. The Labute approximate surface area is 121 Å². The Morgan fingerprint density at radius 1 is 1.35 bits per heavy atom. The molecule has 0 saturated carbocycles. The van der Waals surface area contributed by atoms with Crippen LogP contribution in [0.3, 0.4) is 0 Å². The van der Waals surface area contributed by atoms with Crippen molar-refractivity contribution in [2.24, 2.45) is 0 Å². The minimum Gasteiger partial charge on any atom is -0.395 e. The first-order valence-electron chi connectivity index (χ1n) is 7.31. The molecule has 20 heavy (non-hydrogen) atoms. The number of aliphatic hydroxyl groups excluding tert-OH is 1. The molecule has 2 N–H and O–H groups in total. The minimum absolute atomic E-state index is 0.0213. The molecule has 0 atom stereocenters. The highest BCUT2D eigenvalue weighted by molar-refractivity contribution is 5.95. The molecule has 1 amide bonds. The average Bonchev–Trinajstić information content (AvgIpc) is 2.44. The van der Waals surface area contributed by atoms with E-state index in [1.807, 2.05) is 19.9 Å². The number of hydrogen-bond donors (Lipinski definition) is 2. The molecule has 0 aliphatic carbocycles. The van der Waals surface area contributed by atoms with E-state index < -0.39 is 0 Å². The van der Waals surface area contributed by atoms with Crippen LogP contribution >= 0.6 is 0 Å². The van der Waals surface area contributed by atoms with E-state index in [-0.39, 0.29) is 12.5 Å². The molecule has 1 aromatic rings. The van der Waals surface area contributed by atoms with Crippen molar-refractivity contribution in [1.29, 1.82) is 0 Å². The van der Waals surface area contributed by atoms with Crippen molar-refractivity contribution in [3.8, 4) is 0 Å². The van der Waals surface area contributed by atoms with Crippen LogP contribution < -0.4 is 5.32 Å². The quantitative estimate of drug-likeness (QED) is 0.763. The van der Waals surface area contributed by atoms with Gasteiger partial charge in [0.1, 0.15) is 5.82 Å². The minimum atomic E-state index is -0.0551. The van der Waals surface area contributed by atoms with Crippen LogP contribution in [-0.2, 0) is 6.42 Å². The summed E-state index contributed by atoms with van der Waals surface area (Å²) in [5.41, 5.74) is 1.56. The van der Waals surface area contributed by atoms with Crippen LogP contribution in [-0.4, -0.2) is 47.1 Å². The normalized spacial score (nSPS) is 10.4. The van der Waals surface area contributed by atoms with Crippen molar-refractivity contribution >= 4 is 11.7 Å². The number of amides is 1. The van der Waals surface area contributed by atoms with Gasteiger partial charge in [-0.25, -0.2) is 4.98 Å². The van der Waals surface area contributed by atoms with Crippen LogP contribution in [0.2, 0.25) is 0 Å². The fraction of sp³-hybridized carbons (Fsp3) is 0.600. The van der Waals surface area contributed by atoms with Crippen LogP contribution in [0, 0.1) is 0 Å². The third-order valence-electron chi connectivity index (χ3n) is 3.03. The Kier molecular flexibility index (Phi) is 7.01. The van der Waals surface area contributed by atoms with Crippen LogP contribution in [0.25, 0.3) is 0 Å². The van der Waals surface area contributed by atoms with E-state index in [4.69, 9.17) is 5.11 Å². The molecular weight excluding hydrogens is 254 g/mol. The van der Waals surface area contributed by atoms with Crippen LogP contribution in [0.1, 0.15) is 43.2 Å². The second-order valence-corrected chi connectivity index (χ2v) is 4.62. The largest absolute Gasteiger partial charge is 0.395 e. The SMILES string of the molecule is CCCc1cc(C(=O)N(CC)CCO)cc(NCC)n1. The van der Waals surface area contributed by atoms with Crippen molar-refractivity contribution < 1.29 is 9.90 Å². The number of likely N-dealkylation sites (N-methyl/N-ethyl adjacent to an activating group) is 1. The van der Waals surface area contributed by atoms with E-state index in [9.17, 15) is 4.79 Å². The highest BCUT2D eigenvalue weighted by Crippen LogP contribution is 2.14. The topological polar surface area (TPSA) is 65.5 Å². The Bertz CT molecular complexity index is 411. The van der Waals surface area contributed by atoms with Crippen molar-refractivity contribution in [1.82, 2.24) is 9.88 Å². The molecule has 0 unspecified atom stereocenters. The molecule has 5 heteroatoms. The summed E-state index contributed by atoms with van der Waals surface area (Å²) in [4.78, 5) is 18.6. The van der Waals surface area contributed by atoms with Gasteiger partial charge in [-0.2, -0.15) is 0 Å². The lowest BCUT2D eigenvalue weighted by molar-refractivity contribution is 0.0732. The lowest BCUT2D eigenvalue weighted by Crippen LogP contribution is -2.33. The summed E-state index contributed by atoms with van der Waals surface area (Å²) in [6.07, 6.45) is 1.84. The summed E-state index contributed by atoms with van der Waals surface area (Å²) in [5, 5.41) is 12.2. The fourth-order valence-electron chi connectivity index (χ4n) is 2.07. The number of carbonyl (C=O) groups is 1. The third-order valence-corrected chi connectivity index (χ3v) is 3.03. The molecule has 112 valence electrons. The number of rotatable bonds is 8. The first-order valence-corrected chi connectivity index (χ1v) is 7.31. The number of nitrogens with one attached hydrogen (secondary N) is 1. The third kappa shape index (κ3) is 4.49. The number of pyridine rings is 1. The molecule has 0 aromatic carbocycles. The molecular formula is C15H25N3O2. The number of aryl methyl sites for hydroxylation is 1. The van der Waals surface area contributed by atoms with Gasteiger partial charge in [0.05, 0.1) is 6.61 Å². The molecule has 0 fully saturated rings. The van der Waals surface area contributed by atoms with E-state index in [1.54, 1.807) is 11.0 Å². The lowest BCUT2D eigenvalue weighted by atomic mass is 10.1. The summed E-state index contributed by atoms with van der Waals surface area (Å²) in [7, 11) is 0. The number of aliphatic hydroxyl groups is 1. The highest BCUT2D eigenvalue weighted by atomic mass is 16.3. The smallest absolute Gasteiger partial charge is 0.254 e. The van der Waals surface area contributed by atoms with Crippen molar-refractivity contribution in [2.75, 3.05) is 31.6 Å². The van der Waals surface area contributed by atoms with Gasteiger partial charge in [0.25, 0.3) is 5.91 Å². The van der Waals surface area contributed by atoms with Crippen LogP contribution in [0.4, 0.5) is 5.82 Å². The van der Waals surface area contributed by atoms with E-state index in [2.05, 4.69) is 17.2 Å². The second kappa shape index (κ2) is 8.53. The zero-order chi connectivity index (χ0) is 15.0. The Balaban J connectivity index is 3.04. The van der Waals surface area contributed by atoms with Gasteiger partial charge in [-0.1, -0.05) is 13.3 Å². The maximum atomic E-state index is 12.4. The maximum Gasteiger partial charge on any atom is 0.254 e. The van der Waals surface area contributed by atoms with Gasteiger partial charge in [-0.15, -0.1) is 0 Å². The first-order chi connectivity index (χ1) is 9.65. The summed E-state index contributed by atoms with van der Waals surface area (Å²) in [5.74, 6) is 0.683. The van der Waals surface area contributed by atoms with E-state index >= 15 is 0 Å². The molecule has 1 aromatic heterocycles. The van der Waals surface area contributed by atoms with Gasteiger partial charge in [-0.3, -0.25) is 4.79 Å². The molecule has 1 heterocycles. The summed E-state index contributed by atoms with van der Waals surface area (Å²) in [6, 6.07) is 3.64. The average molecular weight is 279 g/mol. The summed E-state index contributed by atoms with van der Waals surface area (Å²) < 4.78 is 0. The Hall–Kier alpha value is -1.62. The number of carbonyl (C=O) groups excluding carboxylic acids is 1. The molecule has 0 bridgehead atoms. The number of aromatic nitrogens is 1. The summed E-state index contributed by atoms with van der Waals surface area (Å²) >= 11 is 0. The zero-order valence-corrected chi connectivity index (χ0v) is 12.6. The number of hydrogen-bond acceptors (Lipinski definition) is 4.